The van der Waals surface area contributed by atoms with Crippen molar-refractivity contribution in [2.75, 3.05) is 23.9 Å². The van der Waals surface area contributed by atoms with Gasteiger partial charge in [0, 0.05) is 36.6 Å². The van der Waals surface area contributed by atoms with Crippen molar-refractivity contribution >= 4 is 52.2 Å². The monoisotopic (exact) mass is 771 g/mol. The highest BCUT2D eigenvalue weighted by Gasteiger charge is 2.38. The van der Waals surface area contributed by atoms with Gasteiger partial charge in [-0.1, -0.05) is 32.6 Å². The molecule has 2 aromatic carbocycles. The molecule has 2 aromatic heterocycles. The molecule has 56 heavy (non-hydrogen) atoms. The SMILES string of the molecule is C=C(F)C(=O)Nc1ccc(-c2c(-c3ccc(C(=O)NCC(C)C)c(OC)c3)c3c(N(C(=O)OC(C)(C)C)C(=O)OC(C)(C)C)ncc(C(C)=O)c3n2C)c(C)c1. The molecular weight excluding hydrogens is 721 g/mol. The highest BCUT2D eigenvalue weighted by atomic mass is 19.1. The fraction of sp³-hybridized carbons (Fsp3) is 0.381. The predicted octanol–water partition coefficient (Wildman–Crippen LogP) is 8.91. The number of halogens is 1. The average Bonchev–Trinajstić information content (AvgIpc) is 3.37. The number of benzene rings is 2. The van der Waals surface area contributed by atoms with E-state index in [1.165, 1.54) is 20.2 Å². The van der Waals surface area contributed by atoms with Gasteiger partial charge in [-0.3, -0.25) is 14.4 Å². The summed E-state index contributed by atoms with van der Waals surface area (Å²) in [7, 11) is 3.15. The second-order valence-electron chi connectivity index (χ2n) is 15.8. The molecule has 0 unspecified atom stereocenters. The van der Waals surface area contributed by atoms with E-state index in [4.69, 9.17) is 14.2 Å². The molecule has 14 heteroatoms. The zero-order valence-corrected chi connectivity index (χ0v) is 34.0. The second kappa shape index (κ2) is 16.4. The Morgan fingerprint density at radius 3 is 2.05 bits per heavy atom. The van der Waals surface area contributed by atoms with E-state index in [9.17, 15) is 28.4 Å². The largest absolute Gasteiger partial charge is 0.496 e. The van der Waals surface area contributed by atoms with Gasteiger partial charge in [0.15, 0.2) is 17.4 Å². The van der Waals surface area contributed by atoms with Gasteiger partial charge in [-0.05, 0) is 96.7 Å². The number of anilines is 2. The number of ether oxygens (including phenoxy) is 3. The maximum atomic E-state index is 14.1. The molecule has 4 amide bonds. The number of pyridine rings is 1. The zero-order valence-electron chi connectivity index (χ0n) is 34.0. The number of aryl methyl sites for hydroxylation is 2. The number of hydrogen-bond donors (Lipinski definition) is 2. The van der Waals surface area contributed by atoms with Crippen LogP contribution in [0.1, 0.15) is 88.6 Å². The molecule has 0 aliphatic carbocycles. The van der Waals surface area contributed by atoms with Crippen molar-refractivity contribution < 1.29 is 42.6 Å². The number of imide groups is 1. The van der Waals surface area contributed by atoms with Crippen LogP contribution in [0.5, 0.6) is 5.75 Å². The van der Waals surface area contributed by atoms with Crippen LogP contribution in [-0.4, -0.2) is 64.2 Å². The summed E-state index contributed by atoms with van der Waals surface area (Å²) < 4.78 is 32.5. The summed E-state index contributed by atoms with van der Waals surface area (Å²) in [6.45, 7) is 20.5. The fourth-order valence-electron chi connectivity index (χ4n) is 5.99. The lowest BCUT2D eigenvalue weighted by molar-refractivity contribution is -0.114. The quantitative estimate of drug-likeness (QED) is 0.119. The van der Waals surface area contributed by atoms with Crippen molar-refractivity contribution in [1.82, 2.24) is 14.9 Å². The molecule has 13 nitrogen and oxygen atoms in total. The van der Waals surface area contributed by atoms with Crippen LogP contribution in [-0.2, 0) is 21.3 Å². The summed E-state index contributed by atoms with van der Waals surface area (Å²) in [5.41, 5.74) is 1.53. The van der Waals surface area contributed by atoms with Gasteiger partial charge in [-0.2, -0.15) is 4.90 Å². The van der Waals surface area contributed by atoms with Crippen molar-refractivity contribution in [1.29, 1.82) is 0 Å². The molecule has 0 fully saturated rings. The van der Waals surface area contributed by atoms with Crippen molar-refractivity contribution in [2.45, 2.75) is 80.4 Å². The van der Waals surface area contributed by atoms with Gasteiger partial charge in [0.05, 0.1) is 34.8 Å². The van der Waals surface area contributed by atoms with Gasteiger partial charge >= 0.3 is 12.2 Å². The molecule has 0 aliphatic heterocycles. The predicted molar refractivity (Wildman–Crippen MR) is 214 cm³/mol. The number of carbonyl (C=O) groups excluding carboxylic acids is 5. The minimum Gasteiger partial charge on any atom is -0.496 e. The van der Waals surface area contributed by atoms with Crippen LogP contribution in [0.25, 0.3) is 33.3 Å². The highest BCUT2D eigenvalue weighted by molar-refractivity contribution is 6.22. The number of fused-ring (bicyclic) bond motifs is 1. The maximum absolute atomic E-state index is 14.1. The minimum atomic E-state index is -1.16. The Morgan fingerprint density at radius 1 is 0.946 bits per heavy atom. The van der Waals surface area contributed by atoms with Gasteiger partial charge in [0.25, 0.3) is 11.8 Å². The van der Waals surface area contributed by atoms with Gasteiger partial charge in [0.1, 0.15) is 17.0 Å². The molecule has 0 aliphatic rings. The van der Waals surface area contributed by atoms with Crippen LogP contribution in [0.4, 0.5) is 25.5 Å². The first-order chi connectivity index (χ1) is 25.9. The van der Waals surface area contributed by atoms with E-state index in [-0.39, 0.29) is 45.7 Å². The van der Waals surface area contributed by atoms with E-state index in [2.05, 4.69) is 22.2 Å². The number of amides is 4. The van der Waals surface area contributed by atoms with Crippen molar-refractivity contribution in [2.24, 2.45) is 13.0 Å². The lowest BCUT2D eigenvalue weighted by atomic mass is 9.94. The van der Waals surface area contributed by atoms with Crippen LogP contribution in [0, 0.1) is 12.8 Å². The highest BCUT2D eigenvalue weighted by Crippen LogP contribution is 2.47. The Kier molecular flexibility index (Phi) is 12.5. The fourth-order valence-corrected chi connectivity index (χ4v) is 5.99. The number of rotatable bonds is 10. The summed E-state index contributed by atoms with van der Waals surface area (Å²) in [6.07, 6.45) is -0.867. The third kappa shape index (κ3) is 9.42. The normalized spacial score (nSPS) is 11.6. The van der Waals surface area contributed by atoms with Crippen LogP contribution in [0.15, 0.2) is 55.0 Å². The lowest BCUT2D eigenvalue weighted by Gasteiger charge is -2.28. The molecule has 4 aromatic rings. The summed E-state index contributed by atoms with van der Waals surface area (Å²) in [5, 5.41) is 5.58. The number of hydrogen-bond acceptors (Lipinski definition) is 9. The summed E-state index contributed by atoms with van der Waals surface area (Å²) >= 11 is 0. The number of nitrogens with one attached hydrogen (secondary N) is 2. The first-order valence-electron chi connectivity index (χ1n) is 18.0. The molecule has 0 radical (unpaired) electrons. The van der Waals surface area contributed by atoms with Crippen LogP contribution in [0.2, 0.25) is 0 Å². The molecule has 4 rings (SSSR count). The van der Waals surface area contributed by atoms with E-state index < -0.39 is 35.1 Å². The smallest absolute Gasteiger partial charge is 0.425 e. The Bertz CT molecular complexity index is 2220. The summed E-state index contributed by atoms with van der Waals surface area (Å²) in [4.78, 5) is 72.2. The van der Waals surface area contributed by atoms with Gasteiger partial charge in [-0.15, -0.1) is 0 Å². The number of aromatic nitrogens is 2. The van der Waals surface area contributed by atoms with E-state index in [0.29, 0.717) is 50.6 Å². The van der Waals surface area contributed by atoms with Gasteiger partial charge in [-0.25, -0.2) is 19.0 Å². The molecular formula is C42H50FN5O8. The van der Waals surface area contributed by atoms with E-state index in [0.717, 1.165) is 0 Å². The van der Waals surface area contributed by atoms with Crippen LogP contribution in [0.3, 0.4) is 0 Å². The van der Waals surface area contributed by atoms with E-state index in [1.807, 2.05) is 13.8 Å². The number of Topliss-reactive ketones (excluding diaryl/α,β-unsaturated/α-hetero) is 1. The number of methoxy groups -OCH3 is 1. The Labute approximate surface area is 326 Å². The number of ketones is 1. The summed E-state index contributed by atoms with van der Waals surface area (Å²) in [6, 6.07) is 9.86. The first-order valence-corrected chi connectivity index (χ1v) is 18.0. The summed E-state index contributed by atoms with van der Waals surface area (Å²) in [5.74, 6) is -2.64. The number of nitrogens with zero attached hydrogens (tertiary/aromatic N) is 3. The van der Waals surface area contributed by atoms with Crippen molar-refractivity contribution in [3.05, 3.63) is 71.7 Å². The van der Waals surface area contributed by atoms with Gasteiger partial charge < -0.3 is 29.4 Å². The Hall–Kier alpha value is -6.05. The van der Waals surface area contributed by atoms with Crippen molar-refractivity contribution in [3.8, 4) is 28.1 Å². The van der Waals surface area contributed by atoms with Crippen LogP contribution < -0.4 is 20.3 Å². The van der Waals surface area contributed by atoms with Crippen LogP contribution >= 0.6 is 0 Å². The lowest BCUT2D eigenvalue weighted by Crippen LogP contribution is -2.44. The molecule has 0 spiro atoms. The van der Waals surface area contributed by atoms with Gasteiger partial charge in [0.2, 0.25) is 0 Å². The second-order valence-corrected chi connectivity index (χ2v) is 15.8. The third-order valence-electron chi connectivity index (χ3n) is 8.32. The standard InChI is InChI=1S/C42H50FN5O8/c1-22(2)20-45-38(51)29-16-14-26(19-31(29)54-13)32-33-35(47(12)34(32)28-17-15-27(18-23(28)3)46-37(50)24(4)43)30(25(5)49)21-44-36(33)48(39(52)55-41(6,7)8)40(53)56-42(9,10)11/h14-19,21-22H,4,20H2,1-3,5-13H3,(H,45,51)(H,46,50). The molecule has 2 heterocycles. The Morgan fingerprint density at radius 2 is 1.55 bits per heavy atom. The zero-order chi connectivity index (χ0) is 42.0. The van der Waals surface area contributed by atoms with E-state index >= 15 is 0 Å². The average molecular weight is 772 g/mol. The molecule has 0 atom stereocenters. The Balaban J connectivity index is 2.21. The van der Waals surface area contributed by atoms with E-state index in [1.54, 1.807) is 96.5 Å². The topological polar surface area (TPSA) is 158 Å². The minimum absolute atomic E-state index is 0.173. The maximum Gasteiger partial charge on any atom is 0.425 e. The molecule has 0 saturated heterocycles. The molecule has 0 bridgehead atoms. The molecule has 2 N–H and O–H groups in total. The molecule has 298 valence electrons. The van der Waals surface area contributed by atoms with Crippen molar-refractivity contribution in [3.63, 3.8) is 0 Å². The number of carbonyl (C=O) groups is 5. The molecule has 0 saturated carbocycles. The third-order valence-corrected chi connectivity index (χ3v) is 8.32. The first kappa shape index (κ1) is 42.7.